The molecule has 0 aromatic rings. The Morgan fingerprint density at radius 2 is 2.00 bits per heavy atom. The van der Waals surface area contributed by atoms with Crippen molar-refractivity contribution in [3.63, 3.8) is 0 Å². The Morgan fingerprint density at radius 3 is 2.47 bits per heavy atom. The lowest BCUT2D eigenvalue weighted by molar-refractivity contribution is -0.119. The van der Waals surface area contributed by atoms with Gasteiger partial charge in [0.2, 0.25) is 15.9 Å². The van der Waals surface area contributed by atoms with Crippen molar-refractivity contribution >= 4 is 27.5 Å². The standard InChI is InChI=1S/C12H23ClN2O3S/c1-10(7-13)9-19(17,18)15-5-3-12(4-6-15)8-14-11(2)16/h10,12H,3-9H2,1-2H3,(H,14,16). The average Bonchev–Trinajstić information content (AvgIpc) is 2.36. The maximum Gasteiger partial charge on any atom is 0.216 e. The minimum atomic E-state index is -3.19. The van der Waals surface area contributed by atoms with Gasteiger partial charge >= 0.3 is 0 Å². The van der Waals surface area contributed by atoms with Gasteiger partial charge in [-0.05, 0) is 24.7 Å². The Balaban J connectivity index is 2.42. The molecule has 112 valence electrons. The van der Waals surface area contributed by atoms with Crippen molar-refractivity contribution < 1.29 is 13.2 Å². The molecule has 1 rings (SSSR count). The SMILES string of the molecule is CC(=O)NCC1CCN(S(=O)(=O)CC(C)CCl)CC1. The molecule has 1 amide bonds. The van der Waals surface area contributed by atoms with Crippen molar-refractivity contribution in [1.29, 1.82) is 0 Å². The summed E-state index contributed by atoms with van der Waals surface area (Å²) in [6.07, 6.45) is 1.60. The largest absolute Gasteiger partial charge is 0.356 e. The van der Waals surface area contributed by atoms with Crippen molar-refractivity contribution in [2.45, 2.75) is 26.7 Å². The van der Waals surface area contributed by atoms with E-state index in [1.807, 2.05) is 6.92 Å². The summed E-state index contributed by atoms with van der Waals surface area (Å²) >= 11 is 5.67. The lowest BCUT2D eigenvalue weighted by Gasteiger charge is -2.31. The van der Waals surface area contributed by atoms with E-state index in [2.05, 4.69) is 5.32 Å². The maximum absolute atomic E-state index is 12.1. The highest BCUT2D eigenvalue weighted by atomic mass is 35.5. The molecule has 0 aromatic heterocycles. The fourth-order valence-corrected chi connectivity index (χ4v) is 4.24. The second-order valence-corrected chi connectivity index (χ2v) is 7.64. The predicted octanol–water partition coefficient (Wildman–Crippen LogP) is 1.04. The van der Waals surface area contributed by atoms with Crippen molar-refractivity contribution in [2.24, 2.45) is 11.8 Å². The van der Waals surface area contributed by atoms with E-state index < -0.39 is 10.0 Å². The number of carbonyl (C=O) groups is 1. The number of sulfonamides is 1. The van der Waals surface area contributed by atoms with Gasteiger partial charge in [0, 0.05) is 32.4 Å². The van der Waals surface area contributed by atoms with E-state index in [0.717, 1.165) is 12.8 Å². The first kappa shape index (κ1) is 16.7. The summed E-state index contributed by atoms with van der Waals surface area (Å²) in [5.41, 5.74) is 0. The molecule has 0 aliphatic carbocycles. The first-order valence-electron chi connectivity index (χ1n) is 6.63. The van der Waals surface area contributed by atoms with E-state index in [4.69, 9.17) is 11.6 Å². The summed E-state index contributed by atoms with van der Waals surface area (Å²) in [6.45, 7) is 5.06. The Morgan fingerprint density at radius 1 is 1.42 bits per heavy atom. The molecule has 1 N–H and O–H groups in total. The Bertz CT molecular complexity index is 392. The maximum atomic E-state index is 12.1. The molecule has 1 fully saturated rings. The minimum absolute atomic E-state index is 0.0243. The molecule has 0 spiro atoms. The van der Waals surface area contributed by atoms with Crippen LogP contribution in [0.5, 0.6) is 0 Å². The van der Waals surface area contributed by atoms with Crippen LogP contribution in [0.25, 0.3) is 0 Å². The van der Waals surface area contributed by atoms with Crippen LogP contribution in [0.2, 0.25) is 0 Å². The predicted molar refractivity (Wildman–Crippen MR) is 76.7 cm³/mol. The van der Waals surface area contributed by atoms with Gasteiger partial charge < -0.3 is 5.32 Å². The van der Waals surface area contributed by atoms with Gasteiger partial charge in [-0.3, -0.25) is 4.79 Å². The molecule has 1 aliphatic rings. The van der Waals surface area contributed by atoms with Crippen molar-refractivity contribution in [3.05, 3.63) is 0 Å². The van der Waals surface area contributed by atoms with Crippen molar-refractivity contribution in [2.75, 3.05) is 31.3 Å². The van der Waals surface area contributed by atoms with Gasteiger partial charge in [0.15, 0.2) is 0 Å². The van der Waals surface area contributed by atoms with Crippen LogP contribution in [0, 0.1) is 11.8 Å². The van der Waals surface area contributed by atoms with Gasteiger partial charge in [0.05, 0.1) is 5.75 Å². The number of carbonyl (C=O) groups excluding carboxylic acids is 1. The number of halogens is 1. The van der Waals surface area contributed by atoms with Crippen molar-refractivity contribution in [1.82, 2.24) is 9.62 Å². The fraction of sp³-hybridized carbons (Fsp3) is 0.917. The molecule has 7 heteroatoms. The molecule has 1 aliphatic heterocycles. The third-order valence-electron chi connectivity index (χ3n) is 3.37. The zero-order valence-electron chi connectivity index (χ0n) is 11.6. The molecule has 1 heterocycles. The fourth-order valence-electron chi connectivity index (χ4n) is 2.19. The van der Waals surface area contributed by atoms with Gasteiger partial charge in [0.25, 0.3) is 0 Å². The number of nitrogens with one attached hydrogen (secondary N) is 1. The Hall–Kier alpha value is -0.330. The highest BCUT2D eigenvalue weighted by Gasteiger charge is 2.28. The number of rotatable bonds is 6. The lowest BCUT2D eigenvalue weighted by Crippen LogP contribution is -2.43. The molecule has 1 saturated heterocycles. The number of hydrogen-bond donors (Lipinski definition) is 1. The smallest absolute Gasteiger partial charge is 0.216 e. The summed E-state index contributed by atoms with van der Waals surface area (Å²) in [6, 6.07) is 0. The van der Waals surface area contributed by atoms with E-state index in [1.54, 1.807) is 4.31 Å². The second kappa shape index (κ2) is 7.45. The van der Waals surface area contributed by atoms with Gasteiger partial charge in [-0.15, -0.1) is 11.6 Å². The van der Waals surface area contributed by atoms with Crippen LogP contribution in [-0.2, 0) is 14.8 Å². The quantitative estimate of drug-likeness (QED) is 0.745. The van der Waals surface area contributed by atoms with Crippen LogP contribution in [0.15, 0.2) is 0 Å². The Labute approximate surface area is 120 Å². The molecule has 5 nitrogen and oxygen atoms in total. The molecule has 0 radical (unpaired) electrons. The van der Waals surface area contributed by atoms with E-state index in [1.165, 1.54) is 6.92 Å². The highest BCUT2D eigenvalue weighted by molar-refractivity contribution is 7.89. The molecule has 1 unspecified atom stereocenters. The molecular formula is C12H23ClN2O3S. The first-order chi connectivity index (χ1) is 8.85. The van der Waals surface area contributed by atoms with E-state index >= 15 is 0 Å². The topological polar surface area (TPSA) is 66.5 Å². The Kier molecular flexibility index (Phi) is 6.56. The van der Waals surface area contributed by atoms with E-state index in [0.29, 0.717) is 31.4 Å². The van der Waals surface area contributed by atoms with Gasteiger partial charge in [0.1, 0.15) is 0 Å². The number of amides is 1. The summed E-state index contributed by atoms with van der Waals surface area (Å²) in [4.78, 5) is 10.8. The van der Waals surface area contributed by atoms with Gasteiger partial charge in [-0.2, -0.15) is 0 Å². The molecule has 0 saturated carbocycles. The van der Waals surface area contributed by atoms with Crippen molar-refractivity contribution in [3.8, 4) is 0 Å². The van der Waals surface area contributed by atoms with Gasteiger partial charge in [-0.25, -0.2) is 12.7 Å². The minimum Gasteiger partial charge on any atom is -0.356 e. The molecule has 0 aromatic carbocycles. The highest BCUT2D eigenvalue weighted by Crippen LogP contribution is 2.20. The van der Waals surface area contributed by atoms with Crippen LogP contribution in [0.3, 0.4) is 0 Å². The zero-order valence-corrected chi connectivity index (χ0v) is 13.1. The average molecular weight is 311 g/mol. The van der Waals surface area contributed by atoms with Gasteiger partial charge in [-0.1, -0.05) is 6.92 Å². The number of piperidine rings is 1. The van der Waals surface area contributed by atoms with Crippen LogP contribution >= 0.6 is 11.6 Å². The van der Waals surface area contributed by atoms with E-state index in [9.17, 15) is 13.2 Å². The number of alkyl halides is 1. The van der Waals surface area contributed by atoms with E-state index in [-0.39, 0.29) is 17.6 Å². The summed E-state index contributed by atoms with van der Waals surface area (Å²) in [7, 11) is -3.19. The van der Waals surface area contributed by atoms with Crippen LogP contribution in [0.4, 0.5) is 0 Å². The van der Waals surface area contributed by atoms with Crippen LogP contribution in [0.1, 0.15) is 26.7 Å². The lowest BCUT2D eigenvalue weighted by atomic mass is 9.98. The summed E-state index contributed by atoms with van der Waals surface area (Å²) < 4.78 is 25.8. The third kappa shape index (κ3) is 5.67. The van der Waals surface area contributed by atoms with Crippen LogP contribution < -0.4 is 5.32 Å². The molecule has 1 atom stereocenters. The summed E-state index contributed by atoms with van der Waals surface area (Å²) in [5, 5.41) is 2.79. The monoisotopic (exact) mass is 310 g/mol. The summed E-state index contributed by atoms with van der Waals surface area (Å²) in [5.74, 6) is 0.793. The molecule has 0 bridgehead atoms. The first-order valence-corrected chi connectivity index (χ1v) is 8.77. The second-order valence-electron chi connectivity index (χ2n) is 5.32. The molecule has 19 heavy (non-hydrogen) atoms. The number of nitrogens with zero attached hydrogens (tertiary/aromatic N) is 1. The molecular weight excluding hydrogens is 288 g/mol. The number of hydrogen-bond acceptors (Lipinski definition) is 3. The zero-order chi connectivity index (χ0) is 14.5. The van der Waals surface area contributed by atoms with Crippen LogP contribution in [-0.4, -0.2) is 49.9 Å². The normalized spacial score (nSPS) is 20.2. The third-order valence-corrected chi connectivity index (χ3v) is 6.03.